The highest BCUT2D eigenvalue weighted by atomic mass is 33.1. The fourth-order valence-corrected chi connectivity index (χ4v) is 15.0. The van der Waals surface area contributed by atoms with Crippen LogP contribution >= 0.6 is 21.6 Å². The van der Waals surface area contributed by atoms with E-state index in [1.54, 1.807) is 44.2 Å². The quantitative estimate of drug-likeness (QED) is 0.0140. The van der Waals surface area contributed by atoms with Crippen molar-refractivity contribution in [3.8, 4) is 0 Å². The highest BCUT2D eigenvalue weighted by molar-refractivity contribution is 8.76. The van der Waals surface area contributed by atoms with Crippen LogP contribution in [0, 0.1) is 5.92 Å². The number of carboxylic acids is 1. The maximum Gasteiger partial charge on any atom is 0.326 e. The maximum absolute atomic E-state index is 15.2. The van der Waals surface area contributed by atoms with Gasteiger partial charge < -0.3 is 107 Å². The van der Waals surface area contributed by atoms with Gasteiger partial charge in [-0.2, -0.15) is 0 Å². The number of carbonyl (C=O) groups is 14. The molecule has 5 heterocycles. The van der Waals surface area contributed by atoms with Crippen LogP contribution in [-0.4, -0.2) is 243 Å². The smallest absolute Gasteiger partial charge is 0.326 e. The standard InChI is InChI=1S/C68H106N22O15S2/c1-4-5-17-42-57(95)87-50(62(100)86-48(66(104)105)31-39-15-7-6-8-16-39)36-107-106-35-49(61(99)85-47(32-40-33-74-37-78-40)60(98)80-41(18-9-10-25-69)55(93)77-34-54(92)89-28-13-21-51(89)63(101)81-42)88-59(97)46(30-38(2)3)84-56(94)43(19-11-26-75-67(70)71)82-64(102)52-22-14-29-90(52)65(103)45(20-12-27-76-68(72)73)83-58(96)44-23-24-53(91)79-44/h6-8,15-16,33,37-38,41-52H,4-5,9-14,17-32,34-36,69H2,1-3H3,(H,74,78)(H,77,93)(H,79,91)(H,80,98)(H,81,101)(H,82,102)(H,83,96)(H,84,94)(H,85,99)(H,86,100)(H,87,95)(H,88,97)(H,104,105)(H4,70,71,75)(H4,72,73,76). The summed E-state index contributed by atoms with van der Waals surface area (Å²) in [6.07, 6.45) is 5.75. The Hall–Kier alpha value is -9.79. The predicted octanol–water partition coefficient (Wildman–Crippen LogP) is -4.11. The van der Waals surface area contributed by atoms with Gasteiger partial charge in [-0.3, -0.25) is 72.3 Å². The monoisotopic (exact) mass is 1530 g/mol. The number of likely N-dealkylation sites (tertiary alicyclic amines) is 1. The number of carbonyl (C=O) groups excluding carboxylic acids is 13. The summed E-state index contributed by atoms with van der Waals surface area (Å²) < 4.78 is 0. The number of benzene rings is 1. The van der Waals surface area contributed by atoms with E-state index in [4.69, 9.17) is 28.7 Å². The van der Waals surface area contributed by atoms with Crippen molar-refractivity contribution in [2.24, 2.45) is 44.6 Å². The molecule has 37 nitrogen and oxygen atoms in total. The van der Waals surface area contributed by atoms with E-state index in [0.29, 0.717) is 49.8 Å². The number of H-pyrrole nitrogens is 1. The first-order valence-electron chi connectivity index (χ1n) is 36.4. The summed E-state index contributed by atoms with van der Waals surface area (Å²) in [5.74, 6) is -12.7. The van der Waals surface area contributed by atoms with E-state index < -0.39 is 156 Å². The van der Waals surface area contributed by atoms with Crippen molar-refractivity contribution in [3.63, 3.8) is 0 Å². The summed E-state index contributed by atoms with van der Waals surface area (Å²) in [6.45, 7) is 5.31. The molecular weight excluding hydrogens is 1430 g/mol. The molecular formula is C68H106N22O15S2. The molecule has 1 aromatic heterocycles. The maximum atomic E-state index is 15.2. The van der Waals surface area contributed by atoms with E-state index >= 15 is 9.59 Å². The Morgan fingerprint density at radius 1 is 0.654 bits per heavy atom. The molecule has 12 unspecified atom stereocenters. The zero-order chi connectivity index (χ0) is 78.1. The number of carboxylic acid groups (broad SMARTS) is 1. The average Bonchev–Trinajstić information content (AvgIpc) is 1.74. The summed E-state index contributed by atoms with van der Waals surface area (Å²) >= 11 is 0. The minimum atomic E-state index is -1.63. The molecule has 107 heavy (non-hydrogen) atoms. The largest absolute Gasteiger partial charge is 0.480 e. The lowest BCUT2D eigenvalue weighted by Gasteiger charge is -2.31. The number of unbranched alkanes of at least 4 members (excludes halogenated alkanes) is 2. The second-order valence-electron chi connectivity index (χ2n) is 27.2. The molecule has 0 aliphatic carbocycles. The number of aromatic amines is 1. The normalized spacial score (nSPS) is 22.5. The lowest BCUT2D eigenvalue weighted by atomic mass is 10.0. The number of hydrogen-bond donors (Lipinski definition) is 18. The molecule has 0 spiro atoms. The molecule has 1 aromatic carbocycles. The Kier molecular flexibility index (Phi) is 35.7. The number of nitrogens with two attached hydrogens (primary N) is 5. The lowest BCUT2D eigenvalue weighted by Crippen LogP contribution is -2.61. The van der Waals surface area contributed by atoms with Crippen LogP contribution in [0.5, 0.6) is 0 Å². The van der Waals surface area contributed by atoms with Gasteiger partial charge in [0.05, 0.1) is 12.9 Å². The van der Waals surface area contributed by atoms with Gasteiger partial charge in [0.2, 0.25) is 76.8 Å². The van der Waals surface area contributed by atoms with Crippen molar-refractivity contribution in [2.75, 3.05) is 50.8 Å². The Balaban J connectivity index is 1.34. The zero-order valence-electron chi connectivity index (χ0n) is 60.7. The van der Waals surface area contributed by atoms with Crippen molar-refractivity contribution in [1.29, 1.82) is 0 Å². The van der Waals surface area contributed by atoms with Gasteiger partial charge in [0, 0.05) is 68.8 Å². The third-order valence-corrected chi connectivity index (χ3v) is 20.7. The molecule has 2 aromatic rings. The molecule has 13 amide bonds. The predicted molar refractivity (Wildman–Crippen MR) is 398 cm³/mol. The molecule has 4 fully saturated rings. The molecule has 4 aliphatic rings. The number of amides is 13. The van der Waals surface area contributed by atoms with Gasteiger partial charge in [-0.15, -0.1) is 0 Å². The van der Waals surface area contributed by atoms with E-state index in [1.165, 1.54) is 22.3 Å². The third-order valence-electron chi connectivity index (χ3n) is 18.3. The molecule has 12 atom stereocenters. The Morgan fingerprint density at radius 2 is 1.28 bits per heavy atom. The second kappa shape index (κ2) is 44.4. The van der Waals surface area contributed by atoms with Crippen LogP contribution < -0.4 is 87.2 Å². The molecule has 4 aliphatic heterocycles. The number of nitrogens with zero attached hydrogens (tertiary/aromatic N) is 5. The first-order valence-corrected chi connectivity index (χ1v) is 38.8. The van der Waals surface area contributed by atoms with Gasteiger partial charge in [0.1, 0.15) is 72.5 Å². The van der Waals surface area contributed by atoms with Crippen LogP contribution in [-0.2, 0) is 80.0 Å². The first kappa shape index (κ1) is 86.1. The number of aliphatic imine (C=N–C) groups is 2. The fourth-order valence-electron chi connectivity index (χ4n) is 12.6. The minimum Gasteiger partial charge on any atom is -0.480 e. The van der Waals surface area contributed by atoms with E-state index in [-0.39, 0.29) is 151 Å². The van der Waals surface area contributed by atoms with Gasteiger partial charge in [-0.1, -0.05) is 85.5 Å². The van der Waals surface area contributed by atoms with E-state index in [9.17, 15) is 62.6 Å². The van der Waals surface area contributed by atoms with Gasteiger partial charge in [-0.25, -0.2) is 9.78 Å². The molecule has 4 saturated heterocycles. The Morgan fingerprint density at radius 3 is 1.93 bits per heavy atom. The molecule has 0 bridgehead atoms. The summed E-state index contributed by atoms with van der Waals surface area (Å²) in [5, 5.41) is 40.1. The molecule has 6 rings (SSSR count). The number of guanidine groups is 2. The molecule has 0 saturated carbocycles. The number of hydrogen-bond acceptors (Lipinski definition) is 20. The fraction of sp³-hybridized carbons (Fsp3) is 0.632. The van der Waals surface area contributed by atoms with Gasteiger partial charge in [0.15, 0.2) is 11.9 Å². The Labute approximate surface area is 628 Å². The molecule has 0 radical (unpaired) electrons. The first-order chi connectivity index (χ1) is 51.2. The average molecular weight is 1540 g/mol. The summed E-state index contributed by atoms with van der Waals surface area (Å²) in [4.78, 5) is 217. The summed E-state index contributed by atoms with van der Waals surface area (Å²) in [7, 11) is 1.84. The van der Waals surface area contributed by atoms with Crippen LogP contribution in [0.25, 0.3) is 0 Å². The molecule has 39 heteroatoms. The number of aromatic nitrogens is 2. The Bertz CT molecular complexity index is 3440. The number of imidazole rings is 1. The van der Waals surface area contributed by atoms with Crippen molar-refractivity contribution in [3.05, 3.63) is 54.1 Å². The molecule has 590 valence electrons. The highest BCUT2D eigenvalue weighted by Gasteiger charge is 2.42. The van der Waals surface area contributed by atoms with Crippen molar-refractivity contribution in [2.45, 2.75) is 215 Å². The number of fused-ring (bicyclic) bond motifs is 1. The van der Waals surface area contributed by atoms with Gasteiger partial charge in [-0.05, 0) is 108 Å². The van der Waals surface area contributed by atoms with Crippen molar-refractivity contribution >= 4 is 116 Å². The topological polar surface area (TPSA) is 582 Å². The van der Waals surface area contributed by atoms with Gasteiger partial charge >= 0.3 is 5.97 Å². The minimum absolute atomic E-state index is 0.00452. The number of rotatable bonds is 33. The third kappa shape index (κ3) is 28.5. The SMILES string of the molecule is CCCCC1NC(=O)C2CCCN2C(=O)CNC(=O)C(CCCCN)NC(=O)C(Cc2cnc[nH]2)NC(=O)C(NC(=O)C(CC(C)C)NC(=O)C(CCCN=C(N)N)NC(=O)C2CCCN2C(=O)C(CCCN=C(N)N)NC(=O)C2CCC(=O)N2)CSSCC(C(=O)NC(Cc2ccccc2)C(=O)O)NC1=O. The van der Waals surface area contributed by atoms with Crippen molar-refractivity contribution < 1.29 is 72.2 Å². The van der Waals surface area contributed by atoms with Gasteiger partial charge in [0.25, 0.3) is 0 Å². The molecule has 23 N–H and O–H groups in total. The van der Waals surface area contributed by atoms with Crippen LogP contribution in [0.4, 0.5) is 0 Å². The van der Waals surface area contributed by atoms with Crippen LogP contribution in [0.15, 0.2) is 52.8 Å². The summed E-state index contributed by atoms with van der Waals surface area (Å²) in [6, 6.07) is -7.51. The summed E-state index contributed by atoms with van der Waals surface area (Å²) in [5.41, 5.74) is 29.1. The van der Waals surface area contributed by atoms with E-state index in [0.717, 1.165) is 21.6 Å². The zero-order valence-corrected chi connectivity index (χ0v) is 62.4. The van der Waals surface area contributed by atoms with Crippen LogP contribution in [0.2, 0.25) is 0 Å². The number of nitrogens with one attached hydrogen (secondary N) is 12. The van der Waals surface area contributed by atoms with Crippen molar-refractivity contribution in [1.82, 2.24) is 78.3 Å². The van der Waals surface area contributed by atoms with E-state index in [1.807, 2.05) is 6.92 Å². The number of aliphatic carboxylic acids is 1. The highest BCUT2D eigenvalue weighted by Crippen LogP contribution is 2.26. The van der Waals surface area contributed by atoms with Crippen LogP contribution in [0.3, 0.4) is 0 Å². The van der Waals surface area contributed by atoms with Crippen LogP contribution in [0.1, 0.15) is 141 Å². The van der Waals surface area contributed by atoms with E-state index in [2.05, 4.69) is 78.4 Å². The second-order valence-corrected chi connectivity index (χ2v) is 29.7. The lowest BCUT2D eigenvalue weighted by molar-refractivity contribution is -0.142.